The van der Waals surface area contributed by atoms with Gasteiger partial charge in [0.05, 0.1) is 6.04 Å². The normalized spacial score (nSPS) is 18.3. The minimum atomic E-state index is -0.260. The Bertz CT molecular complexity index is 705. The molecule has 26 heavy (non-hydrogen) atoms. The van der Waals surface area contributed by atoms with Crippen LogP contribution < -0.4 is 0 Å². The van der Waals surface area contributed by atoms with Crippen LogP contribution in [0.2, 0.25) is 0 Å². The summed E-state index contributed by atoms with van der Waals surface area (Å²) in [5.74, 6) is -0.111. The summed E-state index contributed by atoms with van der Waals surface area (Å²) < 4.78 is 13.2. The number of hydrogen-bond acceptors (Lipinski definition) is 3. The van der Waals surface area contributed by atoms with Crippen molar-refractivity contribution in [2.24, 2.45) is 0 Å². The maximum absolute atomic E-state index is 13.3. The summed E-state index contributed by atoms with van der Waals surface area (Å²) in [5.41, 5.74) is 1.98. The second-order valence-electron chi connectivity index (χ2n) is 7.02. The first kappa shape index (κ1) is 18.5. The number of pyridine rings is 1. The Morgan fingerprint density at radius 3 is 2.42 bits per heavy atom. The summed E-state index contributed by atoms with van der Waals surface area (Å²) in [6, 6.07) is 10.2. The van der Waals surface area contributed by atoms with Crippen molar-refractivity contribution in [2.75, 3.05) is 13.6 Å². The third-order valence-corrected chi connectivity index (χ3v) is 5.03. The molecule has 3 rings (SSSR count). The minimum Gasteiger partial charge on any atom is -0.333 e. The number of likely N-dealkylation sites (tertiary alicyclic amines) is 1. The molecule has 0 saturated carbocycles. The standard InChI is InChI=1S/C21H26FN3O/c1-24-14-4-2-3-5-20(24)21(26)25(16-18-10-12-23-13-11-18)15-17-6-8-19(22)9-7-17/h6-13,20H,2-5,14-16H2,1H3. The monoisotopic (exact) mass is 355 g/mol. The molecule has 0 aliphatic carbocycles. The summed E-state index contributed by atoms with van der Waals surface area (Å²) in [4.78, 5) is 21.4. The molecule has 0 N–H and O–H groups in total. The Morgan fingerprint density at radius 2 is 1.73 bits per heavy atom. The molecule has 2 heterocycles. The third-order valence-electron chi connectivity index (χ3n) is 5.03. The molecule has 1 aromatic heterocycles. The highest BCUT2D eigenvalue weighted by atomic mass is 19.1. The molecule has 5 heteroatoms. The SMILES string of the molecule is CN1CCCCCC1C(=O)N(Cc1ccncc1)Cc1ccc(F)cc1. The molecule has 1 unspecified atom stereocenters. The smallest absolute Gasteiger partial charge is 0.240 e. The molecule has 0 spiro atoms. The molecule has 1 amide bonds. The van der Waals surface area contributed by atoms with Gasteiger partial charge in [-0.25, -0.2) is 4.39 Å². The molecule has 1 saturated heterocycles. The fourth-order valence-corrected chi connectivity index (χ4v) is 3.51. The van der Waals surface area contributed by atoms with Gasteiger partial charge in [-0.3, -0.25) is 14.7 Å². The molecule has 0 radical (unpaired) electrons. The zero-order chi connectivity index (χ0) is 18.4. The maximum Gasteiger partial charge on any atom is 0.240 e. The van der Waals surface area contributed by atoms with Gasteiger partial charge in [-0.05, 0) is 61.8 Å². The highest BCUT2D eigenvalue weighted by Crippen LogP contribution is 2.20. The average Bonchev–Trinajstić information content (AvgIpc) is 2.87. The van der Waals surface area contributed by atoms with Crippen molar-refractivity contribution in [3.63, 3.8) is 0 Å². The number of aromatic nitrogens is 1. The summed E-state index contributed by atoms with van der Waals surface area (Å²) in [5, 5.41) is 0. The summed E-state index contributed by atoms with van der Waals surface area (Å²) in [6.07, 6.45) is 7.78. The molecular weight excluding hydrogens is 329 g/mol. The fraction of sp³-hybridized carbons (Fsp3) is 0.429. The van der Waals surface area contributed by atoms with Gasteiger partial charge >= 0.3 is 0 Å². The van der Waals surface area contributed by atoms with E-state index in [9.17, 15) is 9.18 Å². The van der Waals surface area contributed by atoms with Gasteiger partial charge in [0.1, 0.15) is 5.82 Å². The topological polar surface area (TPSA) is 36.4 Å². The van der Waals surface area contributed by atoms with Crippen molar-refractivity contribution in [2.45, 2.75) is 44.8 Å². The number of carbonyl (C=O) groups is 1. The van der Waals surface area contributed by atoms with E-state index >= 15 is 0 Å². The van der Waals surface area contributed by atoms with E-state index in [1.54, 1.807) is 24.5 Å². The highest BCUT2D eigenvalue weighted by Gasteiger charge is 2.29. The molecule has 1 aromatic carbocycles. The van der Waals surface area contributed by atoms with Crippen molar-refractivity contribution >= 4 is 5.91 Å². The van der Waals surface area contributed by atoms with Gasteiger partial charge in [0.2, 0.25) is 5.91 Å². The lowest BCUT2D eigenvalue weighted by molar-refractivity contribution is -0.138. The molecule has 0 bridgehead atoms. The number of benzene rings is 1. The van der Waals surface area contributed by atoms with Crippen LogP contribution in [0, 0.1) is 5.82 Å². The summed E-state index contributed by atoms with van der Waals surface area (Å²) in [6.45, 7) is 1.96. The zero-order valence-electron chi connectivity index (χ0n) is 15.3. The zero-order valence-corrected chi connectivity index (χ0v) is 15.3. The van der Waals surface area contributed by atoms with E-state index in [-0.39, 0.29) is 17.8 Å². The van der Waals surface area contributed by atoms with Crippen LogP contribution in [0.1, 0.15) is 36.8 Å². The van der Waals surface area contributed by atoms with Gasteiger partial charge in [-0.15, -0.1) is 0 Å². The lowest BCUT2D eigenvalue weighted by Crippen LogP contribution is -2.46. The van der Waals surface area contributed by atoms with E-state index in [2.05, 4.69) is 9.88 Å². The van der Waals surface area contributed by atoms with Crippen LogP contribution in [-0.4, -0.2) is 40.3 Å². The number of halogens is 1. The van der Waals surface area contributed by atoms with Crippen LogP contribution >= 0.6 is 0 Å². The average molecular weight is 355 g/mol. The van der Waals surface area contributed by atoms with E-state index in [1.165, 1.54) is 18.6 Å². The number of nitrogens with zero attached hydrogens (tertiary/aromatic N) is 3. The van der Waals surface area contributed by atoms with E-state index in [0.717, 1.165) is 36.9 Å². The van der Waals surface area contributed by atoms with Gasteiger partial charge in [-0.2, -0.15) is 0 Å². The van der Waals surface area contributed by atoms with Gasteiger partial charge in [0, 0.05) is 25.5 Å². The van der Waals surface area contributed by atoms with Crippen LogP contribution in [0.5, 0.6) is 0 Å². The van der Waals surface area contributed by atoms with Crippen molar-refractivity contribution in [1.82, 2.24) is 14.8 Å². The van der Waals surface area contributed by atoms with Crippen molar-refractivity contribution in [3.05, 3.63) is 65.7 Å². The Hall–Kier alpha value is -2.27. The molecule has 138 valence electrons. The van der Waals surface area contributed by atoms with Gasteiger partial charge in [-0.1, -0.05) is 25.0 Å². The van der Waals surface area contributed by atoms with E-state index < -0.39 is 0 Å². The van der Waals surface area contributed by atoms with Crippen LogP contribution in [-0.2, 0) is 17.9 Å². The van der Waals surface area contributed by atoms with Crippen molar-refractivity contribution in [1.29, 1.82) is 0 Å². The number of amides is 1. The number of rotatable bonds is 5. The Morgan fingerprint density at radius 1 is 1.08 bits per heavy atom. The predicted octanol–water partition coefficient (Wildman–Crippen LogP) is 3.62. The molecule has 1 fully saturated rings. The Balaban J connectivity index is 1.80. The second-order valence-corrected chi connectivity index (χ2v) is 7.02. The lowest BCUT2D eigenvalue weighted by atomic mass is 10.1. The number of likely N-dealkylation sites (N-methyl/N-ethyl adjacent to an activating group) is 1. The number of carbonyl (C=O) groups excluding carboxylic acids is 1. The Kier molecular flexibility index (Phi) is 6.34. The quantitative estimate of drug-likeness (QED) is 0.822. The third kappa shape index (κ3) is 4.88. The van der Waals surface area contributed by atoms with Gasteiger partial charge in [0.15, 0.2) is 0 Å². The second kappa shape index (κ2) is 8.90. The van der Waals surface area contributed by atoms with E-state index in [4.69, 9.17) is 0 Å². The molecule has 1 atom stereocenters. The number of hydrogen-bond donors (Lipinski definition) is 0. The molecule has 1 aliphatic rings. The predicted molar refractivity (Wildman–Crippen MR) is 99.8 cm³/mol. The Labute approximate surface area is 154 Å². The van der Waals surface area contributed by atoms with Crippen LogP contribution in [0.3, 0.4) is 0 Å². The highest BCUT2D eigenvalue weighted by molar-refractivity contribution is 5.82. The fourth-order valence-electron chi connectivity index (χ4n) is 3.51. The van der Waals surface area contributed by atoms with Crippen LogP contribution in [0.4, 0.5) is 4.39 Å². The van der Waals surface area contributed by atoms with Gasteiger partial charge in [0.25, 0.3) is 0 Å². The summed E-state index contributed by atoms with van der Waals surface area (Å²) in [7, 11) is 2.04. The van der Waals surface area contributed by atoms with E-state index in [1.807, 2.05) is 24.1 Å². The first-order chi connectivity index (χ1) is 12.6. The first-order valence-electron chi connectivity index (χ1n) is 9.26. The molecular formula is C21H26FN3O. The maximum atomic E-state index is 13.3. The van der Waals surface area contributed by atoms with Crippen molar-refractivity contribution in [3.8, 4) is 0 Å². The first-order valence-corrected chi connectivity index (χ1v) is 9.26. The van der Waals surface area contributed by atoms with Crippen molar-refractivity contribution < 1.29 is 9.18 Å². The van der Waals surface area contributed by atoms with Crippen LogP contribution in [0.15, 0.2) is 48.8 Å². The molecule has 1 aliphatic heterocycles. The minimum absolute atomic E-state index is 0.0835. The van der Waals surface area contributed by atoms with E-state index in [0.29, 0.717) is 13.1 Å². The summed E-state index contributed by atoms with van der Waals surface area (Å²) >= 11 is 0. The van der Waals surface area contributed by atoms with Crippen LogP contribution in [0.25, 0.3) is 0 Å². The lowest BCUT2D eigenvalue weighted by Gasteiger charge is -2.31. The molecule has 2 aromatic rings. The molecule has 4 nitrogen and oxygen atoms in total. The largest absolute Gasteiger partial charge is 0.333 e. The van der Waals surface area contributed by atoms with Gasteiger partial charge < -0.3 is 4.90 Å².